The first-order chi connectivity index (χ1) is 13.1. The molecule has 138 valence electrons. The molecule has 4 rings (SSSR count). The summed E-state index contributed by atoms with van der Waals surface area (Å²) in [6.45, 7) is -0.291. The molecule has 1 fully saturated rings. The molecule has 1 N–H and O–H groups in total. The van der Waals surface area contributed by atoms with Gasteiger partial charge in [-0.2, -0.15) is 0 Å². The van der Waals surface area contributed by atoms with E-state index in [-0.39, 0.29) is 18.3 Å². The Kier molecular flexibility index (Phi) is 4.85. The lowest BCUT2D eigenvalue weighted by Crippen LogP contribution is -2.20. The van der Waals surface area contributed by atoms with Crippen LogP contribution in [0.15, 0.2) is 46.9 Å². The number of amides is 1. The van der Waals surface area contributed by atoms with E-state index >= 15 is 0 Å². The topological polar surface area (TPSA) is 81.9 Å². The van der Waals surface area contributed by atoms with Gasteiger partial charge < -0.3 is 10.1 Å². The molecule has 1 saturated carbocycles. The number of aromatic nitrogens is 4. The number of nitrogens with one attached hydrogen (secondary N) is 1. The molecule has 0 spiro atoms. The number of hydrogen-bond acceptors (Lipinski definition) is 5. The molecule has 0 radical (unpaired) electrons. The molecular formula is C18H15BrFN5O2. The number of carbonyl (C=O) groups excluding carboxylic acids is 1. The van der Waals surface area contributed by atoms with Gasteiger partial charge in [0.25, 0.3) is 5.91 Å². The molecule has 7 nitrogen and oxygen atoms in total. The van der Waals surface area contributed by atoms with Gasteiger partial charge in [0.1, 0.15) is 0 Å². The fraction of sp³-hybridized carbons (Fsp3) is 0.222. The Labute approximate surface area is 162 Å². The Morgan fingerprint density at radius 2 is 2.04 bits per heavy atom. The Balaban J connectivity index is 1.36. The molecule has 0 unspecified atom stereocenters. The molecule has 0 saturated heterocycles. The lowest BCUT2D eigenvalue weighted by Gasteiger charge is -2.09. The number of rotatable bonds is 6. The summed E-state index contributed by atoms with van der Waals surface area (Å²) in [5.41, 5.74) is 1.48. The lowest BCUT2D eigenvalue weighted by molar-refractivity contribution is -0.118. The van der Waals surface area contributed by atoms with Crippen molar-refractivity contribution < 1.29 is 13.9 Å². The van der Waals surface area contributed by atoms with Crippen LogP contribution in [0.25, 0.3) is 11.4 Å². The number of tetrazole rings is 1. The zero-order valence-corrected chi connectivity index (χ0v) is 15.7. The quantitative estimate of drug-likeness (QED) is 0.644. The number of carbonyl (C=O) groups is 1. The summed E-state index contributed by atoms with van der Waals surface area (Å²) in [6.07, 6.45) is 2.18. The normalized spacial score (nSPS) is 13.4. The first-order valence-electron chi connectivity index (χ1n) is 8.36. The largest absolute Gasteiger partial charge is 0.481 e. The molecule has 9 heteroatoms. The fourth-order valence-corrected chi connectivity index (χ4v) is 2.92. The fourth-order valence-electron chi connectivity index (χ4n) is 2.58. The highest BCUT2D eigenvalue weighted by Crippen LogP contribution is 2.36. The summed E-state index contributed by atoms with van der Waals surface area (Å²) in [6, 6.07) is 12.0. The summed E-state index contributed by atoms with van der Waals surface area (Å²) >= 11 is 3.17. The van der Waals surface area contributed by atoms with E-state index < -0.39 is 5.82 Å². The van der Waals surface area contributed by atoms with Crippen molar-refractivity contribution in [1.29, 1.82) is 0 Å². The molecule has 0 aliphatic heterocycles. The van der Waals surface area contributed by atoms with Crippen LogP contribution in [0.3, 0.4) is 0 Å². The molecule has 0 bridgehead atoms. The standard InChI is InChI=1S/C18H15BrFN5O2/c19-12-3-8-16(15(20)9-12)27-10-17(26)21-13-4-1-11(2-5-13)18-22-23-24-25(18)14-6-7-14/h1-5,8-9,14H,6-7,10H2,(H,21,26). The van der Waals surface area contributed by atoms with Gasteiger partial charge >= 0.3 is 0 Å². The second kappa shape index (κ2) is 7.43. The first kappa shape index (κ1) is 17.6. The number of anilines is 1. The van der Waals surface area contributed by atoms with Gasteiger partial charge in [-0.3, -0.25) is 4.79 Å². The van der Waals surface area contributed by atoms with E-state index in [1.54, 1.807) is 18.2 Å². The Morgan fingerprint density at radius 1 is 1.26 bits per heavy atom. The van der Waals surface area contributed by atoms with Crippen molar-refractivity contribution in [2.45, 2.75) is 18.9 Å². The van der Waals surface area contributed by atoms with Gasteiger partial charge in [-0.15, -0.1) is 5.10 Å². The van der Waals surface area contributed by atoms with E-state index in [0.717, 1.165) is 18.4 Å². The Morgan fingerprint density at radius 3 is 2.74 bits per heavy atom. The van der Waals surface area contributed by atoms with Gasteiger partial charge in [0.15, 0.2) is 24.0 Å². The predicted molar refractivity (Wildman–Crippen MR) is 99.7 cm³/mol. The molecule has 3 aromatic rings. The summed E-state index contributed by atoms with van der Waals surface area (Å²) < 4.78 is 21.3. The molecule has 1 aliphatic carbocycles. The second-order valence-corrected chi connectivity index (χ2v) is 7.08. The summed E-state index contributed by atoms with van der Waals surface area (Å²) in [5.74, 6) is -0.178. The van der Waals surface area contributed by atoms with E-state index in [9.17, 15) is 9.18 Å². The third-order valence-corrected chi connectivity index (χ3v) is 4.56. The van der Waals surface area contributed by atoms with Crippen molar-refractivity contribution in [2.24, 2.45) is 0 Å². The van der Waals surface area contributed by atoms with Crippen LogP contribution >= 0.6 is 15.9 Å². The third kappa shape index (κ3) is 4.13. The monoisotopic (exact) mass is 431 g/mol. The van der Waals surface area contributed by atoms with Crippen molar-refractivity contribution >= 4 is 27.5 Å². The number of hydrogen-bond donors (Lipinski definition) is 1. The minimum atomic E-state index is -0.532. The van der Waals surface area contributed by atoms with E-state index in [1.807, 2.05) is 16.8 Å². The number of halogens is 2. The number of ether oxygens (including phenoxy) is 1. The average molecular weight is 432 g/mol. The Bertz CT molecular complexity index is 972. The maximum Gasteiger partial charge on any atom is 0.262 e. The highest BCUT2D eigenvalue weighted by molar-refractivity contribution is 9.10. The molecule has 1 aromatic heterocycles. The van der Waals surface area contributed by atoms with Crippen LogP contribution in [0.2, 0.25) is 0 Å². The molecule has 27 heavy (non-hydrogen) atoms. The van der Waals surface area contributed by atoms with Gasteiger partial charge in [-0.25, -0.2) is 9.07 Å². The minimum Gasteiger partial charge on any atom is -0.481 e. The van der Waals surface area contributed by atoms with Crippen molar-refractivity contribution in [3.05, 3.63) is 52.8 Å². The summed E-state index contributed by atoms with van der Waals surface area (Å²) in [4.78, 5) is 12.0. The number of benzene rings is 2. The zero-order valence-electron chi connectivity index (χ0n) is 14.1. The number of nitrogens with zero attached hydrogens (tertiary/aromatic N) is 4. The van der Waals surface area contributed by atoms with Crippen molar-refractivity contribution in [3.63, 3.8) is 0 Å². The van der Waals surface area contributed by atoms with Crippen LogP contribution in [0.4, 0.5) is 10.1 Å². The molecule has 2 aromatic carbocycles. The van der Waals surface area contributed by atoms with E-state index in [1.165, 1.54) is 12.1 Å². The van der Waals surface area contributed by atoms with Gasteiger partial charge in [0.05, 0.1) is 6.04 Å². The molecule has 1 amide bonds. The molecule has 1 heterocycles. The van der Waals surface area contributed by atoms with Crippen LogP contribution < -0.4 is 10.1 Å². The van der Waals surface area contributed by atoms with Crippen LogP contribution in [-0.4, -0.2) is 32.7 Å². The smallest absolute Gasteiger partial charge is 0.262 e. The van der Waals surface area contributed by atoms with Crippen LogP contribution in [0.1, 0.15) is 18.9 Å². The van der Waals surface area contributed by atoms with Crippen LogP contribution in [-0.2, 0) is 4.79 Å². The lowest BCUT2D eigenvalue weighted by atomic mass is 10.2. The minimum absolute atomic E-state index is 0.0237. The van der Waals surface area contributed by atoms with Crippen LogP contribution in [0, 0.1) is 5.82 Å². The van der Waals surface area contributed by atoms with Gasteiger partial charge in [-0.1, -0.05) is 15.9 Å². The van der Waals surface area contributed by atoms with Crippen molar-refractivity contribution in [2.75, 3.05) is 11.9 Å². The average Bonchev–Trinajstić information content (AvgIpc) is 3.38. The maximum atomic E-state index is 13.7. The van der Waals surface area contributed by atoms with E-state index in [4.69, 9.17) is 4.74 Å². The first-order valence-corrected chi connectivity index (χ1v) is 9.15. The maximum absolute atomic E-state index is 13.7. The molecule has 0 atom stereocenters. The third-order valence-electron chi connectivity index (χ3n) is 4.07. The van der Waals surface area contributed by atoms with Crippen molar-refractivity contribution in [1.82, 2.24) is 20.2 Å². The van der Waals surface area contributed by atoms with Crippen molar-refractivity contribution in [3.8, 4) is 17.1 Å². The van der Waals surface area contributed by atoms with Gasteiger partial charge in [0.2, 0.25) is 0 Å². The summed E-state index contributed by atoms with van der Waals surface area (Å²) in [5, 5.41) is 14.5. The van der Waals surface area contributed by atoms with E-state index in [2.05, 4.69) is 36.8 Å². The second-order valence-electron chi connectivity index (χ2n) is 6.17. The summed E-state index contributed by atoms with van der Waals surface area (Å²) in [7, 11) is 0. The Hall–Kier alpha value is -2.81. The SMILES string of the molecule is O=C(COc1ccc(Br)cc1F)Nc1ccc(-c2nnnn2C2CC2)cc1. The molecular weight excluding hydrogens is 417 g/mol. The zero-order chi connectivity index (χ0) is 18.8. The van der Waals surface area contributed by atoms with Gasteiger partial charge in [-0.05, 0) is 65.7 Å². The predicted octanol–water partition coefficient (Wildman–Crippen LogP) is 3.59. The highest BCUT2D eigenvalue weighted by Gasteiger charge is 2.28. The molecule has 1 aliphatic rings. The van der Waals surface area contributed by atoms with E-state index in [0.29, 0.717) is 22.0 Å². The van der Waals surface area contributed by atoms with Gasteiger partial charge in [0, 0.05) is 15.7 Å². The van der Waals surface area contributed by atoms with Crippen LogP contribution in [0.5, 0.6) is 5.75 Å². The highest BCUT2D eigenvalue weighted by atomic mass is 79.9.